The number of aliphatic hydroxyl groups excluding tert-OH is 1. The lowest BCUT2D eigenvalue weighted by Crippen LogP contribution is -2.23. The highest BCUT2D eigenvalue weighted by molar-refractivity contribution is 5.99. The summed E-state index contributed by atoms with van der Waals surface area (Å²) in [5.41, 5.74) is 3.97. The topological polar surface area (TPSA) is 74.6 Å². The molecule has 0 spiro atoms. The van der Waals surface area contributed by atoms with Gasteiger partial charge in [-0.25, -0.2) is 5.43 Å². The summed E-state index contributed by atoms with van der Waals surface area (Å²) in [7, 11) is 0. The fraction of sp³-hybridized carbons (Fsp3) is 0.364. The standard InChI is InChI=1S/C11H15N3O2/c1-8(15)7-11(16)14-13-9(2)10-3-5-12-6-4-10/h3-6,8,15H,7H2,1-2H3,(H,14,16). The number of nitrogens with one attached hydrogen (secondary N) is 1. The Bertz CT molecular complexity index is 374. The van der Waals surface area contributed by atoms with Crippen LogP contribution in [0.25, 0.3) is 0 Å². The van der Waals surface area contributed by atoms with Crippen molar-refractivity contribution in [1.29, 1.82) is 0 Å². The molecule has 0 saturated heterocycles. The third-order valence-corrected chi connectivity index (χ3v) is 1.93. The number of hydrogen-bond donors (Lipinski definition) is 2. The summed E-state index contributed by atoms with van der Waals surface area (Å²) in [5.74, 6) is -0.302. The second-order valence-electron chi connectivity index (χ2n) is 3.52. The van der Waals surface area contributed by atoms with Gasteiger partial charge in [-0.05, 0) is 26.0 Å². The van der Waals surface area contributed by atoms with Crippen LogP contribution in [-0.4, -0.2) is 27.8 Å². The summed E-state index contributed by atoms with van der Waals surface area (Å²) in [4.78, 5) is 15.1. The van der Waals surface area contributed by atoms with Crippen LogP contribution >= 0.6 is 0 Å². The van der Waals surface area contributed by atoms with Gasteiger partial charge in [0.15, 0.2) is 0 Å². The third kappa shape index (κ3) is 4.18. The van der Waals surface area contributed by atoms with Crippen LogP contribution in [0.1, 0.15) is 25.8 Å². The molecule has 0 saturated carbocycles. The number of amides is 1. The maximum Gasteiger partial charge on any atom is 0.242 e. The second-order valence-corrected chi connectivity index (χ2v) is 3.52. The van der Waals surface area contributed by atoms with Crippen molar-refractivity contribution in [2.45, 2.75) is 26.4 Å². The van der Waals surface area contributed by atoms with Gasteiger partial charge in [0.1, 0.15) is 0 Å². The van der Waals surface area contributed by atoms with Crippen LogP contribution in [0.15, 0.2) is 29.6 Å². The molecule has 1 heterocycles. The smallest absolute Gasteiger partial charge is 0.242 e. The molecule has 1 amide bonds. The number of carbonyl (C=O) groups is 1. The highest BCUT2D eigenvalue weighted by atomic mass is 16.3. The Labute approximate surface area is 94.2 Å². The summed E-state index contributed by atoms with van der Waals surface area (Å²) in [6, 6.07) is 3.61. The molecule has 0 bridgehead atoms. The Morgan fingerprint density at radius 1 is 1.56 bits per heavy atom. The van der Waals surface area contributed by atoms with E-state index in [1.54, 1.807) is 38.4 Å². The fourth-order valence-corrected chi connectivity index (χ4v) is 1.12. The van der Waals surface area contributed by atoms with Gasteiger partial charge >= 0.3 is 0 Å². The van der Waals surface area contributed by atoms with Gasteiger partial charge in [-0.2, -0.15) is 5.10 Å². The summed E-state index contributed by atoms with van der Waals surface area (Å²) in [6.07, 6.45) is 2.71. The van der Waals surface area contributed by atoms with Gasteiger partial charge in [0.05, 0.1) is 18.2 Å². The molecule has 16 heavy (non-hydrogen) atoms. The van der Waals surface area contributed by atoms with Crippen LogP contribution in [-0.2, 0) is 4.79 Å². The molecule has 1 atom stereocenters. The summed E-state index contributed by atoms with van der Waals surface area (Å²) < 4.78 is 0. The molecule has 1 aromatic rings. The van der Waals surface area contributed by atoms with E-state index in [9.17, 15) is 4.79 Å². The molecule has 0 fully saturated rings. The minimum absolute atomic E-state index is 0.0487. The Kier molecular flexibility index (Phi) is 4.60. The van der Waals surface area contributed by atoms with Crippen molar-refractivity contribution in [2.75, 3.05) is 0 Å². The second kappa shape index (κ2) is 5.97. The lowest BCUT2D eigenvalue weighted by Gasteiger charge is -2.03. The zero-order chi connectivity index (χ0) is 12.0. The molecule has 86 valence electrons. The molecule has 1 unspecified atom stereocenters. The van der Waals surface area contributed by atoms with Crippen molar-refractivity contribution in [3.63, 3.8) is 0 Å². The molecule has 0 aliphatic rings. The molecule has 2 N–H and O–H groups in total. The first kappa shape index (κ1) is 12.3. The van der Waals surface area contributed by atoms with Crippen LogP contribution < -0.4 is 5.43 Å². The number of aromatic nitrogens is 1. The van der Waals surface area contributed by atoms with E-state index in [1.807, 2.05) is 0 Å². The molecule has 0 aromatic carbocycles. The average molecular weight is 221 g/mol. The number of pyridine rings is 1. The number of aliphatic hydroxyl groups is 1. The quantitative estimate of drug-likeness (QED) is 0.580. The van der Waals surface area contributed by atoms with Crippen LogP contribution in [0.3, 0.4) is 0 Å². The maximum absolute atomic E-state index is 11.2. The molecule has 1 rings (SSSR count). The molecule has 5 nitrogen and oxygen atoms in total. The monoisotopic (exact) mass is 221 g/mol. The zero-order valence-corrected chi connectivity index (χ0v) is 9.34. The average Bonchev–Trinajstić information content (AvgIpc) is 2.26. The number of hydrogen-bond acceptors (Lipinski definition) is 4. The lowest BCUT2D eigenvalue weighted by molar-refractivity contribution is -0.122. The first-order valence-electron chi connectivity index (χ1n) is 5.01. The van der Waals surface area contributed by atoms with E-state index in [2.05, 4.69) is 15.5 Å². The number of nitrogens with zero attached hydrogens (tertiary/aromatic N) is 2. The predicted molar refractivity (Wildman–Crippen MR) is 60.9 cm³/mol. The minimum Gasteiger partial charge on any atom is -0.393 e. The molecule has 0 radical (unpaired) electrons. The lowest BCUT2D eigenvalue weighted by atomic mass is 10.2. The van der Waals surface area contributed by atoms with Crippen molar-refractivity contribution in [1.82, 2.24) is 10.4 Å². The summed E-state index contributed by atoms with van der Waals surface area (Å²) in [5, 5.41) is 12.9. The predicted octanol–water partition coefficient (Wildman–Crippen LogP) is 0.693. The van der Waals surface area contributed by atoms with E-state index < -0.39 is 6.10 Å². The molecule has 1 aromatic heterocycles. The summed E-state index contributed by atoms with van der Waals surface area (Å²) in [6.45, 7) is 3.34. The van der Waals surface area contributed by atoms with Crippen LogP contribution in [0.5, 0.6) is 0 Å². The normalized spacial score (nSPS) is 13.3. The number of rotatable bonds is 4. The van der Waals surface area contributed by atoms with Gasteiger partial charge < -0.3 is 5.11 Å². The van der Waals surface area contributed by atoms with Gasteiger partial charge in [-0.15, -0.1) is 0 Å². The Morgan fingerprint density at radius 2 is 2.19 bits per heavy atom. The van der Waals surface area contributed by atoms with E-state index in [-0.39, 0.29) is 12.3 Å². The first-order chi connectivity index (χ1) is 7.59. The van der Waals surface area contributed by atoms with Crippen molar-refractivity contribution >= 4 is 11.6 Å². The Hall–Kier alpha value is -1.75. The highest BCUT2D eigenvalue weighted by Gasteiger charge is 2.04. The van der Waals surface area contributed by atoms with Crippen molar-refractivity contribution in [2.24, 2.45) is 5.10 Å². The van der Waals surface area contributed by atoms with E-state index in [0.717, 1.165) is 5.56 Å². The highest BCUT2D eigenvalue weighted by Crippen LogP contribution is 1.98. The largest absolute Gasteiger partial charge is 0.393 e. The van der Waals surface area contributed by atoms with Gasteiger partial charge in [0.2, 0.25) is 5.91 Å². The SMILES string of the molecule is CC(=NNC(=O)CC(C)O)c1ccncc1. The number of carbonyl (C=O) groups excluding carboxylic acids is 1. The van der Waals surface area contributed by atoms with E-state index >= 15 is 0 Å². The van der Waals surface area contributed by atoms with Gasteiger partial charge in [0.25, 0.3) is 0 Å². The van der Waals surface area contributed by atoms with Crippen molar-refractivity contribution in [3.8, 4) is 0 Å². The third-order valence-electron chi connectivity index (χ3n) is 1.93. The molecule has 5 heteroatoms. The van der Waals surface area contributed by atoms with Crippen LogP contribution in [0, 0.1) is 0 Å². The maximum atomic E-state index is 11.2. The van der Waals surface area contributed by atoms with Gasteiger partial charge in [0, 0.05) is 18.0 Å². The Balaban J connectivity index is 2.55. The van der Waals surface area contributed by atoms with Crippen LogP contribution in [0.4, 0.5) is 0 Å². The first-order valence-corrected chi connectivity index (χ1v) is 5.01. The Morgan fingerprint density at radius 3 is 2.75 bits per heavy atom. The van der Waals surface area contributed by atoms with Crippen LogP contribution in [0.2, 0.25) is 0 Å². The minimum atomic E-state index is -0.656. The molecular weight excluding hydrogens is 206 g/mol. The van der Waals surface area contributed by atoms with E-state index in [4.69, 9.17) is 5.11 Å². The molecular formula is C11H15N3O2. The fourth-order valence-electron chi connectivity index (χ4n) is 1.12. The summed E-state index contributed by atoms with van der Waals surface area (Å²) >= 11 is 0. The number of hydrazone groups is 1. The van der Waals surface area contributed by atoms with Gasteiger partial charge in [-0.1, -0.05) is 0 Å². The molecule has 0 aliphatic heterocycles. The van der Waals surface area contributed by atoms with E-state index in [1.165, 1.54) is 0 Å². The molecule has 0 aliphatic carbocycles. The van der Waals surface area contributed by atoms with Crippen molar-refractivity contribution < 1.29 is 9.90 Å². The van der Waals surface area contributed by atoms with Crippen molar-refractivity contribution in [3.05, 3.63) is 30.1 Å². The zero-order valence-electron chi connectivity index (χ0n) is 9.34. The van der Waals surface area contributed by atoms with Gasteiger partial charge in [-0.3, -0.25) is 9.78 Å². The van der Waals surface area contributed by atoms with E-state index in [0.29, 0.717) is 5.71 Å².